The van der Waals surface area contributed by atoms with Gasteiger partial charge in [-0.25, -0.2) is 0 Å². The van der Waals surface area contributed by atoms with E-state index in [0.29, 0.717) is 23.0 Å². The predicted octanol–water partition coefficient (Wildman–Crippen LogP) is 1.50. The first kappa shape index (κ1) is 11.7. The number of nitrogens with one attached hydrogen (secondary N) is 1. The summed E-state index contributed by atoms with van der Waals surface area (Å²) in [5.74, 6) is 6.45. The first-order valence-electron chi connectivity index (χ1n) is 4.45. The Labute approximate surface area is 94.6 Å². The molecular weight excluding hydrogens is 212 g/mol. The summed E-state index contributed by atoms with van der Waals surface area (Å²) in [6.45, 7) is 0.614. The van der Waals surface area contributed by atoms with E-state index in [1.165, 1.54) is 0 Å². The van der Waals surface area contributed by atoms with Gasteiger partial charge in [0.1, 0.15) is 5.75 Å². The van der Waals surface area contributed by atoms with Gasteiger partial charge in [0.15, 0.2) is 0 Å². The molecule has 0 aromatic heterocycles. The third kappa shape index (κ3) is 3.05. The minimum Gasteiger partial charge on any atom is -0.495 e. The molecule has 0 spiro atoms. The van der Waals surface area contributed by atoms with Gasteiger partial charge in [0.25, 0.3) is 0 Å². The van der Waals surface area contributed by atoms with E-state index in [1.807, 2.05) is 7.05 Å². The van der Waals surface area contributed by atoms with Crippen molar-refractivity contribution in [2.75, 3.05) is 26.4 Å². The standard InChI is InChI=1S/C11H13ClN2O/c1-14-5-3-4-8-6-11(15-2)10(13)7-9(8)12/h6-7,14H,5,13H2,1-2H3. The number of hydrogen-bond acceptors (Lipinski definition) is 3. The summed E-state index contributed by atoms with van der Waals surface area (Å²) in [5, 5.41) is 3.46. The van der Waals surface area contributed by atoms with E-state index in [-0.39, 0.29) is 0 Å². The third-order valence-electron chi connectivity index (χ3n) is 1.81. The van der Waals surface area contributed by atoms with Crippen LogP contribution in [0.2, 0.25) is 5.02 Å². The van der Waals surface area contributed by atoms with Crippen molar-refractivity contribution in [3.8, 4) is 17.6 Å². The Kier molecular flexibility index (Phi) is 4.29. The Morgan fingerprint density at radius 3 is 2.87 bits per heavy atom. The largest absolute Gasteiger partial charge is 0.495 e. The zero-order chi connectivity index (χ0) is 11.3. The van der Waals surface area contributed by atoms with Gasteiger partial charge >= 0.3 is 0 Å². The minimum atomic E-state index is 0.515. The molecule has 0 saturated heterocycles. The molecule has 1 aromatic rings. The molecule has 15 heavy (non-hydrogen) atoms. The normalized spacial score (nSPS) is 9.27. The lowest BCUT2D eigenvalue weighted by atomic mass is 10.2. The van der Waals surface area contributed by atoms with Gasteiger partial charge in [0.05, 0.1) is 24.4 Å². The molecule has 0 amide bonds. The molecule has 0 heterocycles. The number of hydrogen-bond donors (Lipinski definition) is 2. The zero-order valence-corrected chi connectivity index (χ0v) is 9.48. The van der Waals surface area contributed by atoms with Crippen LogP contribution in [-0.4, -0.2) is 20.7 Å². The molecule has 0 fully saturated rings. The number of nitrogen functional groups attached to an aromatic ring is 1. The summed E-state index contributed by atoms with van der Waals surface area (Å²) >= 11 is 5.98. The van der Waals surface area contributed by atoms with Crippen molar-refractivity contribution in [3.05, 3.63) is 22.7 Å². The summed E-state index contributed by atoms with van der Waals surface area (Å²) < 4.78 is 5.08. The lowest BCUT2D eigenvalue weighted by molar-refractivity contribution is 0.417. The Hall–Kier alpha value is -1.37. The van der Waals surface area contributed by atoms with Gasteiger partial charge in [-0.15, -0.1) is 0 Å². The van der Waals surface area contributed by atoms with E-state index in [1.54, 1.807) is 19.2 Å². The predicted molar refractivity (Wildman–Crippen MR) is 63.2 cm³/mol. The topological polar surface area (TPSA) is 47.3 Å². The Bertz CT molecular complexity index is 407. The highest BCUT2D eigenvalue weighted by Gasteiger charge is 2.04. The van der Waals surface area contributed by atoms with Crippen LogP contribution in [0, 0.1) is 11.8 Å². The SMILES string of the molecule is CNCC#Cc1cc(OC)c(N)cc1Cl. The van der Waals surface area contributed by atoms with E-state index < -0.39 is 0 Å². The van der Waals surface area contributed by atoms with Gasteiger partial charge in [-0.05, 0) is 19.2 Å². The fourth-order valence-corrected chi connectivity index (χ4v) is 1.29. The molecule has 0 bridgehead atoms. The minimum absolute atomic E-state index is 0.515. The van der Waals surface area contributed by atoms with Gasteiger partial charge in [-0.2, -0.15) is 0 Å². The van der Waals surface area contributed by atoms with Crippen LogP contribution >= 0.6 is 11.6 Å². The fourth-order valence-electron chi connectivity index (χ4n) is 1.07. The summed E-state index contributed by atoms with van der Waals surface area (Å²) in [5.41, 5.74) is 6.92. The number of nitrogens with two attached hydrogens (primary N) is 1. The number of halogens is 1. The van der Waals surface area contributed by atoms with Crippen molar-refractivity contribution in [2.45, 2.75) is 0 Å². The smallest absolute Gasteiger partial charge is 0.143 e. The lowest BCUT2D eigenvalue weighted by Crippen LogP contribution is -2.04. The van der Waals surface area contributed by atoms with Crippen LogP contribution in [0.4, 0.5) is 5.69 Å². The van der Waals surface area contributed by atoms with Crippen molar-refractivity contribution in [1.29, 1.82) is 0 Å². The number of methoxy groups -OCH3 is 1. The Balaban J connectivity index is 3.04. The average Bonchev–Trinajstić information content (AvgIpc) is 2.21. The van der Waals surface area contributed by atoms with E-state index in [0.717, 1.165) is 5.56 Å². The highest BCUT2D eigenvalue weighted by atomic mass is 35.5. The van der Waals surface area contributed by atoms with Gasteiger partial charge < -0.3 is 15.8 Å². The summed E-state index contributed by atoms with van der Waals surface area (Å²) in [7, 11) is 3.39. The van der Waals surface area contributed by atoms with Crippen LogP contribution < -0.4 is 15.8 Å². The summed E-state index contributed by atoms with van der Waals surface area (Å²) in [6.07, 6.45) is 0. The number of ether oxygens (including phenoxy) is 1. The van der Waals surface area contributed by atoms with Crippen LogP contribution in [0.15, 0.2) is 12.1 Å². The van der Waals surface area contributed by atoms with Crippen molar-refractivity contribution in [3.63, 3.8) is 0 Å². The van der Waals surface area contributed by atoms with Crippen LogP contribution in [-0.2, 0) is 0 Å². The molecule has 1 aromatic carbocycles. The second kappa shape index (κ2) is 5.50. The number of benzene rings is 1. The highest BCUT2D eigenvalue weighted by molar-refractivity contribution is 6.32. The monoisotopic (exact) mass is 224 g/mol. The first-order valence-corrected chi connectivity index (χ1v) is 4.83. The Morgan fingerprint density at radius 1 is 1.53 bits per heavy atom. The van der Waals surface area contributed by atoms with Crippen LogP contribution in [0.5, 0.6) is 5.75 Å². The van der Waals surface area contributed by atoms with Gasteiger partial charge in [0.2, 0.25) is 0 Å². The maximum Gasteiger partial charge on any atom is 0.143 e. The van der Waals surface area contributed by atoms with Crippen LogP contribution in [0.1, 0.15) is 5.56 Å². The van der Waals surface area contributed by atoms with E-state index >= 15 is 0 Å². The quantitative estimate of drug-likeness (QED) is 0.591. The Morgan fingerprint density at radius 2 is 2.27 bits per heavy atom. The molecule has 3 N–H and O–H groups in total. The maximum absolute atomic E-state index is 5.98. The molecule has 0 aliphatic heterocycles. The van der Waals surface area contributed by atoms with Gasteiger partial charge in [0, 0.05) is 5.56 Å². The van der Waals surface area contributed by atoms with Crippen molar-refractivity contribution < 1.29 is 4.74 Å². The van der Waals surface area contributed by atoms with Gasteiger partial charge in [-0.1, -0.05) is 23.4 Å². The molecule has 0 aliphatic carbocycles. The van der Waals surface area contributed by atoms with E-state index in [9.17, 15) is 0 Å². The molecule has 0 radical (unpaired) electrons. The molecule has 0 atom stereocenters. The number of rotatable bonds is 2. The second-order valence-corrected chi connectivity index (χ2v) is 3.31. The van der Waals surface area contributed by atoms with Gasteiger partial charge in [-0.3, -0.25) is 0 Å². The molecule has 3 nitrogen and oxygen atoms in total. The average molecular weight is 225 g/mol. The molecule has 0 aliphatic rings. The first-order chi connectivity index (χ1) is 7.19. The highest BCUT2D eigenvalue weighted by Crippen LogP contribution is 2.28. The lowest BCUT2D eigenvalue weighted by Gasteiger charge is -2.05. The van der Waals surface area contributed by atoms with Crippen molar-refractivity contribution >= 4 is 17.3 Å². The van der Waals surface area contributed by atoms with E-state index in [2.05, 4.69) is 17.2 Å². The molecule has 1 rings (SSSR count). The zero-order valence-electron chi connectivity index (χ0n) is 8.73. The molecule has 80 valence electrons. The maximum atomic E-state index is 5.98. The van der Waals surface area contributed by atoms with Crippen molar-refractivity contribution in [2.24, 2.45) is 0 Å². The molecule has 0 saturated carbocycles. The molecule has 0 unspecified atom stereocenters. The van der Waals surface area contributed by atoms with Crippen LogP contribution in [0.3, 0.4) is 0 Å². The molecular formula is C11H13ClN2O. The summed E-state index contributed by atoms with van der Waals surface area (Å²) in [4.78, 5) is 0. The number of anilines is 1. The second-order valence-electron chi connectivity index (χ2n) is 2.91. The van der Waals surface area contributed by atoms with Crippen LogP contribution in [0.25, 0.3) is 0 Å². The fraction of sp³-hybridized carbons (Fsp3) is 0.273. The molecule has 4 heteroatoms. The summed E-state index contributed by atoms with van der Waals surface area (Å²) in [6, 6.07) is 3.38. The third-order valence-corrected chi connectivity index (χ3v) is 2.12. The van der Waals surface area contributed by atoms with Crippen molar-refractivity contribution in [1.82, 2.24) is 5.32 Å². The van der Waals surface area contributed by atoms with E-state index in [4.69, 9.17) is 22.1 Å².